The van der Waals surface area contributed by atoms with Crippen molar-refractivity contribution in [3.8, 4) is 5.88 Å². The molecule has 0 spiro atoms. The smallest absolute Gasteiger partial charge is 0.348 e. The van der Waals surface area contributed by atoms with E-state index in [4.69, 9.17) is 0 Å². The molecule has 1 aromatic heterocycles. The standard InChI is InChI=1S/C13H9Br2N3O3/c1-2-18-10-6(3-5(14)4-7(10)15)8(12(18)20)9-11(19)17-13(21)16-9/h3-4,20H,2H2,1H3,(H,17,19,21). The number of rotatable bonds is 2. The van der Waals surface area contributed by atoms with E-state index in [9.17, 15) is 14.7 Å². The Kier molecular flexibility index (Phi) is 3.37. The predicted octanol–water partition coefficient (Wildman–Crippen LogP) is 2.93. The molecule has 108 valence electrons. The Morgan fingerprint density at radius 2 is 2.05 bits per heavy atom. The lowest BCUT2D eigenvalue weighted by atomic mass is 10.1. The van der Waals surface area contributed by atoms with Gasteiger partial charge in [-0.1, -0.05) is 15.9 Å². The number of nitrogens with zero attached hydrogens (tertiary/aromatic N) is 2. The van der Waals surface area contributed by atoms with Gasteiger partial charge in [-0.2, -0.15) is 4.99 Å². The molecule has 0 saturated carbocycles. The maximum atomic E-state index is 11.8. The van der Waals surface area contributed by atoms with Crippen LogP contribution in [0.3, 0.4) is 0 Å². The first-order chi connectivity index (χ1) is 9.93. The predicted molar refractivity (Wildman–Crippen MR) is 84.8 cm³/mol. The lowest BCUT2D eigenvalue weighted by molar-refractivity contribution is -0.113. The second-order valence-electron chi connectivity index (χ2n) is 4.45. The van der Waals surface area contributed by atoms with Gasteiger partial charge in [-0.25, -0.2) is 4.79 Å². The number of carbonyl (C=O) groups excluding carboxylic acids is 2. The molecule has 0 unspecified atom stereocenters. The van der Waals surface area contributed by atoms with Crippen molar-refractivity contribution in [2.45, 2.75) is 13.5 Å². The van der Waals surface area contributed by atoms with E-state index in [-0.39, 0.29) is 17.2 Å². The Bertz CT molecular complexity index is 839. The third-order valence-electron chi connectivity index (χ3n) is 3.25. The van der Waals surface area contributed by atoms with Crippen molar-refractivity contribution in [3.05, 3.63) is 26.6 Å². The third-order valence-corrected chi connectivity index (χ3v) is 4.31. The molecule has 21 heavy (non-hydrogen) atoms. The average Bonchev–Trinajstić information content (AvgIpc) is 2.86. The summed E-state index contributed by atoms with van der Waals surface area (Å²) in [6, 6.07) is 2.90. The molecule has 3 amide bonds. The first kappa shape index (κ1) is 14.3. The largest absolute Gasteiger partial charge is 0.494 e. The number of hydrogen-bond donors (Lipinski definition) is 2. The number of aromatic nitrogens is 1. The van der Waals surface area contributed by atoms with Gasteiger partial charge in [-0.3, -0.25) is 10.1 Å². The van der Waals surface area contributed by atoms with Crippen LogP contribution >= 0.6 is 31.9 Å². The zero-order chi connectivity index (χ0) is 15.3. The molecule has 0 aliphatic carbocycles. The van der Waals surface area contributed by atoms with Crippen LogP contribution in [-0.4, -0.2) is 27.3 Å². The number of benzene rings is 1. The number of aryl methyl sites for hydroxylation is 1. The molecule has 0 bridgehead atoms. The van der Waals surface area contributed by atoms with Crippen molar-refractivity contribution in [1.29, 1.82) is 0 Å². The van der Waals surface area contributed by atoms with Crippen molar-refractivity contribution in [3.63, 3.8) is 0 Å². The zero-order valence-corrected chi connectivity index (χ0v) is 13.9. The van der Waals surface area contributed by atoms with E-state index in [0.29, 0.717) is 11.9 Å². The summed E-state index contributed by atoms with van der Waals surface area (Å²) in [6.07, 6.45) is 0. The molecule has 2 heterocycles. The van der Waals surface area contributed by atoms with Crippen LogP contribution in [0.5, 0.6) is 5.88 Å². The van der Waals surface area contributed by atoms with Gasteiger partial charge in [0.1, 0.15) is 5.71 Å². The summed E-state index contributed by atoms with van der Waals surface area (Å²) in [6.45, 7) is 2.38. The Labute approximate surface area is 136 Å². The Morgan fingerprint density at radius 1 is 1.33 bits per heavy atom. The maximum Gasteiger partial charge on any atom is 0.348 e. The van der Waals surface area contributed by atoms with Crippen LogP contribution in [0.2, 0.25) is 0 Å². The first-order valence-corrected chi connectivity index (χ1v) is 7.67. The van der Waals surface area contributed by atoms with Gasteiger partial charge in [0.15, 0.2) is 0 Å². The third kappa shape index (κ3) is 2.09. The molecule has 3 rings (SSSR count). The summed E-state index contributed by atoms with van der Waals surface area (Å²) in [5.41, 5.74) is 0.931. The monoisotopic (exact) mass is 413 g/mol. The second kappa shape index (κ2) is 4.96. The molecule has 0 saturated heterocycles. The minimum atomic E-state index is -0.721. The molecular weight excluding hydrogens is 406 g/mol. The Hall–Kier alpha value is -1.67. The van der Waals surface area contributed by atoms with Gasteiger partial charge in [0.05, 0.1) is 11.1 Å². The summed E-state index contributed by atoms with van der Waals surface area (Å²) in [5, 5.41) is 13.2. The van der Waals surface area contributed by atoms with Crippen LogP contribution < -0.4 is 5.32 Å². The summed E-state index contributed by atoms with van der Waals surface area (Å²) >= 11 is 6.83. The molecular formula is C13H9Br2N3O3. The quantitative estimate of drug-likeness (QED) is 0.792. The molecule has 6 nitrogen and oxygen atoms in total. The van der Waals surface area contributed by atoms with E-state index in [1.54, 1.807) is 10.6 Å². The van der Waals surface area contributed by atoms with Crippen LogP contribution in [0.15, 0.2) is 26.1 Å². The molecule has 2 aromatic rings. The number of imide groups is 1. The SMILES string of the molecule is CCn1c(O)c(C2=NC(=O)NC2=O)c2cc(Br)cc(Br)c21. The molecule has 1 aromatic carbocycles. The molecule has 0 fully saturated rings. The number of urea groups is 1. The normalized spacial score (nSPS) is 14.7. The van der Waals surface area contributed by atoms with Crippen molar-refractivity contribution in [2.24, 2.45) is 4.99 Å². The highest BCUT2D eigenvalue weighted by Crippen LogP contribution is 2.38. The van der Waals surface area contributed by atoms with Crippen molar-refractivity contribution in [1.82, 2.24) is 9.88 Å². The van der Waals surface area contributed by atoms with Gasteiger partial charge in [-0.15, -0.1) is 0 Å². The summed E-state index contributed by atoms with van der Waals surface area (Å²) < 4.78 is 3.20. The van der Waals surface area contributed by atoms with Gasteiger partial charge < -0.3 is 9.67 Å². The molecule has 1 aliphatic rings. The average molecular weight is 415 g/mol. The minimum absolute atomic E-state index is 0.0697. The highest BCUT2D eigenvalue weighted by molar-refractivity contribution is 9.11. The minimum Gasteiger partial charge on any atom is -0.494 e. The van der Waals surface area contributed by atoms with Gasteiger partial charge in [0.25, 0.3) is 5.91 Å². The summed E-state index contributed by atoms with van der Waals surface area (Å²) in [4.78, 5) is 26.8. The topological polar surface area (TPSA) is 83.7 Å². The maximum absolute atomic E-state index is 11.8. The lowest BCUT2D eigenvalue weighted by Gasteiger charge is -2.04. The Morgan fingerprint density at radius 3 is 2.62 bits per heavy atom. The van der Waals surface area contributed by atoms with Crippen LogP contribution in [-0.2, 0) is 11.3 Å². The van der Waals surface area contributed by atoms with E-state index in [0.717, 1.165) is 14.5 Å². The van der Waals surface area contributed by atoms with Crippen LogP contribution in [0, 0.1) is 0 Å². The molecule has 8 heteroatoms. The number of fused-ring (bicyclic) bond motifs is 1. The highest BCUT2D eigenvalue weighted by atomic mass is 79.9. The van der Waals surface area contributed by atoms with E-state index in [2.05, 4.69) is 42.2 Å². The number of aliphatic imine (C=N–C) groups is 1. The second-order valence-corrected chi connectivity index (χ2v) is 6.22. The molecule has 0 atom stereocenters. The van der Waals surface area contributed by atoms with Gasteiger partial charge >= 0.3 is 6.03 Å². The van der Waals surface area contributed by atoms with Gasteiger partial charge in [0.2, 0.25) is 5.88 Å². The van der Waals surface area contributed by atoms with Crippen LogP contribution in [0.4, 0.5) is 4.79 Å². The van der Waals surface area contributed by atoms with E-state index in [1.807, 2.05) is 13.0 Å². The zero-order valence-electron chi connectivity index (χ0n) is 10.8. The summed E-state index contributed by atoms with van der Waals surface area (Å²) in [7, 11) is 0. The van der Waals surface area contributed by atoms with Gasteiger partial charge in [0, 0.05) is 20.9 Å². The van der Waals surface area contributed by atoms with E-state index in [1.165, 1.54) is 0 Å². The van der Waals surface area contributed by atoms with Crippen molar-refractivity contribution < 1.29 is 14.7 Å². The number of carbonyl (C=O) groups is 2. The fraction of sp³-hybridized carbons (Fsp3) is 0.154. The van der Waals surface area contributed by atoms with Crippen LogP contribution in [0.1, 0.15) is 12.5 Å². The molecule has 0 radical (unpaired) electrons. The molecule has 2 N–H and O–H groups in total. The highest BCUT2D eigenvalue weighted by Gasteiger charge is 2.31. The van der Waals surface area contributed by atoms with Gasteiger partial charge in [-0.05, 0) is 35.0 Å². The number of halogens is 2. The number of aromatic hydroxyl groups is 1. The first-order valence-electron chi connectivity index (χ1n) is 6.08. The summed E-state index contributed by atoms with van der Waals surface area (Å²) in [5.74, 6) is -0.698. The number of amides is 3. The van der Waals surface area contributed by atoms with E-state index < -0.39 is 11.9 Å². The lowest BCUT2D eigenvalue weighted by Crippen LogP contribution is -2.25. The fourth-order valence-electron chi connectivity index (χ4n) is 2.44. The fourth-order valence-corrected chi connectivity index (χ4v) is 3.88. The number of hydrogen-bond acceptors (Lipinski definition) is 3. The van der Waals surface area contributed by atoms with E-state index >= 15 is 0 Å². The number of nitrogens with one attached hydrogen (secondary N) is 1. The Balaban J connectivity index is 2.43. The van der Waals surface area contributed by atoms with Crippen LogP contribution in [0.25, 0.3) is 10.9 Å². The van der Waals surface area contributed by atoms with Crippen molar-refractivity contribution in [2.75, 3.05) is 0 Å². The van der Waals surface area contributed by atoms with Crippen molar-refractivity contribution >= 4 is 60.4 Å². The molecule has 1 aliphatic heterocycles.